The maximum absolute atomic E-state index is 13.2. The first-order valence-corrected chi connectivity index (χ1v) is 5.52. The number of nitriles is 1. The van der Waals surface area contributed by atoms with Gasteiger partial charge in [-0.15, -0.1) is 0 Å². The van der Waals surface area contributed by atoms with Gasteiger partial charge in [-0.25, -0.2) is 4.39 Å². The third-order valence-corrected chi connectivity index (χ3v) is 2.88. The van der Waals surface area contributed by atoms with E-state index in [0.29, 0.717) is 6.42 Å². The third kappa shape index (κ3) is 2.59. The van der Waals surface area contributed by atoms with Gasteiger partial charge in [0.25, 0.3) is 0 Å². The predicted octanol–water partition coefficient (Wildman–Crippen LogP) is 2.64. The van der Waals surface area contributed by atoms with Crippen LogP contribution in [0.15, 0.2) is 30.3 Å². The highest BCUT2D eigenvalue weighted by molar-refractivity contribution is 5.14. The molecule has 0 aliphatic carbocycles. The van der Waals surface area contributed by atoms with Gasteiger partial charge in [-0.3, -0.25) is 0 Å². The molecule has 0 amide bonds. The van der Waals surface area contributed by atoms with Crippen molar-refractivity contribution in [3.8, 4) is 6.07 Å². The van der Waals surface area contributed by atoms with Gasteiger partial charge in [0.2, 0.25) is 0 Å². The van der Waals surface area contributed by atoms with Crippen LogP contribution in [0, 0.1) is 11.3 Å². The summed E-state index contributed by atoms with van der Waals surface area (Å²) in [4.78, 5) is 0. The van der Waals surface area contributed by atoms with Crippen molar-refractivity contribution in [2.24, 2.45) is 0 Å². The molecule has 1 fully saturated rings. The van der Waals surface area contributed by atoms with Crippen LogP contribution in [-0.2, 0) is 11.2 Å². The smallest absolute Gasteiger partial charge is 0.175 e. The SMILES string of the molecule is N#CC1OC(CCc2ccccc2)CC1F. The van der Waals surface area contributed by atoms with Crippen LogP contribution >= 0.6 is 0 Å². The number of alkyl halides is 1. The summed E-state index contributed by atoms with van der Waals surface area (Å²) in [6.07, 6.45) is -0.0873. The number of hydrogen-bond acceptors (Lipinski definition) is 2. The van der Waals surface area contributed by atoms with Crippen LogP contribution in [0.5, 0.6) is 0 Å². The second-order valence-corrected chi connectivity index (χ2v) is 4.08. The number of halogens is 1. The van der Waals surface area contributed by atoms with Gasteiger partial charge >= 0.3 is 0 Å². The average molecular weight is 219 g/mol. The molecule has 2 rings (SSSR count). The molecule has 84 valence electrons. The van der Waals surface area contributed by atoms with Gasteiger partial charge in [0.1, 0.15) is 6.17 Å². The van der Waals surface area contributed by atoms with Gasteiger partial charge in [-0.2, -0.15) is 5.26 Å². The molecule has 1 heterocycles. The molecule has 1 aliphatic rings. The van der Waals surface area contributed by atoms with E-state index in [4.69, 9.17) is 10.00 Å². The van der Waals surface area contributed by atoms with Crippen LogP contribution in [0.1, 0.15) is 18.4 Å². The molecule has 3 atom stereocenters. The highest BCUT2D eigenvalue weighted by atomic mass is 19.1. The molecule has 0 saturated carbocycles. The summed E-state index contributed by atoms with van der Waals surface area (Å²) in [5.41, 5.74) is 1.22. The van der Waals surface area contributed by atoms with E-state index in [1.807, 2.05) is 36.4 Å². The quantitative estimate of drug-likeness (QED) is 0.783. The normalized spacial score (nSPS) is 28.9. The Morgan fingerprint density at radius 1 is 1.38 bits per heavy atom. The Kier molecular flexibility index (Phi) is 3.53. The van der Waals surface area contributed by atoms with Crippen LogP contribution in [0.3, 0.4) is 0 Å². The summed E-state index contributed by atoms with van der Waals surface area (Å²) in [5.74, 6) is 0. The topological polar surface area (TPSA) is 33.0 Å². The van der Waals surface area contributed by atoms with Gasteiger partial charge in [-0.1, -0.05) is 30.3 Å². The molecule has 1 aliphatic heterocycles. The van der Waals surface area contributed by atoms with Gasteiger partial charge in [0.15, 0.2) is 6.10 Å². The lowest BCUT2D eigenvalue weighted by atomic mass is 10.0. The molecule has 16 heavy (non-hydrogen) atoms. The molecule has 0 radical (unpaired) electrons. The fourth-order valence-corrected chi connectivity index (χ4v) is 1.99. The fourth-order valence-electron chi connectivity index (χ4n) is 1.99. The standard InChI is InChI=1S/C13H14FNO/c14-12-8-11(16-13(12)9-15)7-6-10-4-2-1-3-5-10/h1-5,11-13H,6-8H2. The zero-order chi connectivity index (χ0) is 11.4. The van der Waals surface area contributed by atoms with E-state index in [-0.39, 0.29) is 6.10 Å². The minimum atomic E-state index is -1.12. The lowest BCUT2D eigenvalue weighted by Gasteiger charge is -2.08. The van der Waals surface area contributed by atoms with Crippen LogP contribution in [-0.4, -0.2) is 18.4 Å². The van der Waals surface area contributed by atoms with E-state index in [1.165, 1.54) is 5.56 Å². The molecular formula is C13H14FNO. The first-order valence-electron chi connectivity index (χ1n) is 5.52. The van der Waals surface area contributed by atoms with Gasteiger partial charge in [-0.05, 0) is 18.4 Å². The van der Waals surface area contributed by atoms with E-state index in [0.717, 1.165) is 12.8 Å². The highest BCUT2D eigenvalue weighted by Gasteiger charge is 2.34. The molecule has 0 spiro atoms. The molecule has 0 aromatic heterocycles. The molecule has 3 heteroatoms. The number of aryl methyl sites for hydroxylation is 1. The van der Waals surface area contributed by atoms with Crippen molar-refractivity contribution in [1.29, 1.82) is 5.26 Å². The maximum Gasteiger partial charge on any atom is 0.175 e. The second-order valence-electron chi connectivity index (χ2n) is 4.08. The van der Waals surface area contributed by atoms with Gasteiger partial charge < -0.3 is 4.74 Å². The van der Waals surface area contributed by atoms with Crippen molar-refractivity contribution in [3.63, 3.8) is 0 Å². The van der Waals surface area contributed by atoms with Crippen molar-refractivity contribution in [3.05, 3.63) is 35.9 Å². The Labute approximate surface area is 94.7 Å². The Bertz CT molecular complexity index is 373. The molecular weight excluding hydrogens is 205 g/mol. The number of hydrogen-bond donors (Lipinski definition) is 0. The van der Waals surface area contributed by atoms with E-state index in [9.17, 15) is 4.39 Å². The number of nitrogens with zero attached hydrogens (tertiary/aromatic N) is 1. The summed E-state index contributed by atoms with van der Waals surface area (Å²) in [5, 5.41) is 8.62. The summed E-state index contributed by atoms with van der Waals surface area (Å²) in [6, 6.07) is 11.9. The first-order chi connectivity index (χ1) is 7.79. The van der Waals surface area contributed by atoms with Gasteiger partial charge in [0.05, 0.1) is 12.2 Å². The first kappa shape index (κ1) is 11.1. The number of rotatable bonds is 3. The molecule has 0 bridgehead atoms. The number of benzene rings is 1. The Morgan fingerprint density at radius 2 is 2.12 bits per heavy atom. The molecule has 1 aromatic carbocycles. The van der Waals surface area contributed by atoms with E-state index < -0.39 is 12.3 Å². The van der Waals surface area contributed by atoms with Crippen molar-refractivity contribution in [1.82, 2.24) is 0 Å². The lowest BCUT2D eigenvalue weighted by Crippen LogP contribution is -2.14. The lowest BCUT2D eigenvalue weighted by molar-refractivity contribution is 0.0576. The van der Waals surface area contributed by atoms with E-state index in [2.05, 4.69) is 0 Å². The number of ether oxygens (including phenoxy) is 1. The fraction of sp³-hybridized carbons (Fsp3) is 0.462. The van der Waals surface area contributed by atoms with Crippen molar-refractivity contribution in [2.45, 2.75) is 37.6 Å². The molecule has 2 nitrogen and oxygen atoms in total. The second kappa shape index (κ2) is 5.09. The minimum absolute atomic E-state index is 0.111. The van der Waals surface area contributed by atoms with Crippen LogP contribution in [0.25, 0.3) is 0 Å². The summed E-state index contributed by atoms with van der Waals surface area (Å²) in [6.45, 7) is 0. The third-order valence-electron chi connectivity index (χ3n) is 2.88. The van der Waals surface area contributed by atoms with E-state index >= 15 is 0 Å². The monoisotopic (exact) mass is 219 g/mol. The molecule has 3 unspecified atom stereocenters. The molecule has 0 N–H and O–H groups in total. The van der Waals surface area contributed by atoms with Gasteiger partial charge in [0, 0.05) is 6.42 Å². The van der Waals surface area contributed by atoms with Crippen molar-refractivity contribution in [2.75, 3.05) is 0 Å². The minimum Gasteiger partial charge on any atom is -0.357 e. The molecule has 1 aromatic rings. The van der Waals surface area contributed by atoms with Crippen molar-refractivity contribution >= 4 is 0 Å². The summed E-state index contributed by atoms with van der Waals surface area (Å²) in [7, 11) is 0. The largest absolute Gasteiger partial charge is 0.357 e. The van der Waals surface area contributed by atoms with E-state index in [1.54, 1.807) is 0 Å². The predicted molar refractivity (Wildman–Crippen MR) is 58.6 cm³/mol. The Morgan fingerprint density at radius 3 is 2.75 bits per heavy atom. The Balaban J connectivity index is 1.82. The van der Waals surface area contributed by atoms with Crippen molar-refractivity contribution < 1.29 is 9.13 Å². The van der Waals surface area contributed by atoms with Crippen LogP contribution in [0.2, 0.25) is 0 Å². The Hall–Kier alpha value is -1.40. The van der Waals surface area contributed by atoms with Crippen LogP contribution < -0.4 is 0 Å². The summed E-state index contributed by atoms with van der Waals surface area (Å²) >= 11 is 0. The zero-order valence-electron chi connectivity index (χ0n) is 8.97. The highest BCUT2D eigenvalue weighted by Crippen LogP contribution is 2.25. The average Bonchev–Trinajstić information content (AvgIpc) is 2.69. The molecule has 1 saturated heterocycles. The summed E-state index contributed by atoms with van der Waals surface area (Å²) < 4.78 is 18.5. The van der Waals surface area contributed by atoms with Crippen LogP contribution in [0.4, 0.5) is 4.39 Å². The zero-order valence-corrected chi connectivity index (χ0v) is 8.97. The maximum atomic E-state index is 13.2.